The number of hydrogen-bond donors (Lipinski definition) is 0. The summed E-state index contributed by atoms with van der Waals surface area (Å²) < 4.78 is 10.4. The van der Waals surface area contributed by atoms with Crippen LogP contribution in [0.4, 0.5) is 0 Å². The smallest absolute Gasteiger partial charge is 0.347 e. The molecule has 0 heterocycles. The lowest BCUT2D eigenvalue weighted by molar-refractivity contribution is -0.173. The Morgan fingerprint density at radius 1 is 1.14 bits per heavy atom. The maximum Gasteiger partial charge on any atom is 0.347 e. The zero-order valence-electron chi connectivity index (χ0n) is 13.4. The van der Waals surface area contributed by atoms with Crippen molar-refractivity contribution < 1.29 is 19.1 Å². The number of esters is 2. The van der Waals surface area contributed by atoms with E-state index in [0.717, 1.165) is 5.56 Å². The molecule has 21 heavy (non-hydrogen) atoms. The molecule has 1 unspecified atom stereocenters. The molecule has 0 aliphatic carbocycles. The molecule has 0 fully saturated rings. The standard InChI is InChI=1S/C17H24O4/c1-6-20-15(18)14(12(2)3)21-16(19)17(4,5)13-10-8-7-9-11-13/h7-12,14H,6H2,1-5H3. The van der Waals surface area contributed by atoms with Gasteiger partial charge in [0.05, 0.1) is 12.0 Å². The number of hydrogen-bond acceptors (Lipinski definition) is 4. The monoisotopic (exact) mass is 292 g/mol. The van der Waals surface area contributed by atoms with Crippen LogP contribution in [0.1, 0.15) is 40.2 Å². The van der Waals surface area contributed by atoms with E-state index >= 15 is 0 Å². The fourth-order valence-corrected chi connectivity index (χ4v) is 1.92. The molecule has 0 aliphatic heterocycles. The van der Waals surface area contributed by atoms with E-state index in [-0.39, 0.29) is 12.5 Å². The van der Waals surface area contributed by atoms with Gasteiger partial charge in [-0.05, 0) is 26.3 Å². The van der Waals surface area contributed by atoms with Crippen LogP contribution in [0.15, 0.2) is 30.3 Å². The molecule has 0 saturated heterocycles. The summed E-state index contributed by atoms with van der Waals surface area (Å²) >= 11 is 0. The molecule has 1 atom stereocenters. The van der Waals surface area contributed by atoms with Crippen molar-refractivity contribution in [3.63, 3.8) is 0 Å². The second-order valence-electron chi connectivity index (χ2n) is 5.81. The van der Waals surface area contributed by atoms with Crippen molar-refractivity contribution >= 4 is 11.9 Å². The van der Waals surface area contributed by atoms with Gasteiger partial charge in [0.2, 0.25) is 6.10 Å². The van der Waals surface area contributed by atoms with Crippen LogP contribution < -0.4 is 0 Å². The maximum atomic E-state index is 12.5. The van der Waals surface area contributed by atoms with Gasteiger partial charge in [-0.25, -0.2) is 4.79 Å². The molecule has 0 N–H and O–H groups in total. The molecule has 0 amide bonds. The highest BCUT2D eigenvalue weighted by atomic mass is 16.6. The minimum atomic E-state index is -0.875. The van der Waals surface area contributed by atoms with Gasteiger partial charge in [-0.15, -0.1) is 0 Å². The van der Waals surface area contributed by atoms with Crippen molar-refractivity contribution in [3.05, 3.63) is 35.9 Å². The molecular weight excluding hydrogens is 268 g/mol. The minimum absolute atomic E-state index is 0.139. The number of benzene rings is 1. The van der Waals surface area contributed by atoms with E-state index < -0.39 is 23.5 Å². The van der Waals surface area contributed by atoms with Crippen molar-refractivity contribution in [1.29, 1.82) is 0 Å². The maximum absolute atomic E-state index is 12.5. The van der Waals surface area contributed by atoms with Crippen LogP contribution in [0.3, 0.4) is 0 Å². The molecule has 0 aromatic heterocycles. The largest absolute Gasteiger partial charge is 0.463 e. The van der Waals surface area contributed by atoms with Crippen molar-refractivity contribution in [1.82, 2.24) is 0 Å². The van der Waals surface area contributed by atoms with Crippen LogP contribution >= 0.6 is 0 Å². The van der Waals surface area contributed by atoms with E-state index in [1.807, 2.05) is 44.2 Å². The van der Waals surface area contributed by atoms with Crippen molar-refractivity contribution in [2.45, 2.75) is 46.1 Å². The zero-order valence-corrected chi connectivity index (χ0v) is 13.4. The normalized spacial score (nSPS) is 12.9. The second-order valence-corrected chi connectivity index (χ2v) is 5.81. The first-order valence-electron chi connectivity index (χ1n) is 7.24. The lowest BCUT2D eigenvalue weighted by Gasteiger charge is -2.27. The van der Waals surface area contributed by atoms with Crippen LogP contribution in [-0.2, 0) is 24.5 Å². The summed E-state index contributed by atoms with van der Waals surface area (Å²) in [5.41, 5.74) is 0.0299. The molecule has 0 aliphatic rings. The molecule has 1 rings (SSSR count). The lowest BCUT2D eigenvalue weighted by Crippen LogP contribution is -2.40. The SMILES string of the molecule is CCOC(=O)C(OC(=O)C(C)(C)c1ccccc1)C(C)C. The third-order valence-corrected chi connectivity index (χ3v) is 3.36. The summed E-state index contributed by atoms with van der Waals surface area (Å²) in [6.45, 7) is 9.21. The minimum Gasteiger partial charge on any atom is -0.463 e. The van der Waals surface area contributed by atoms with E-state index in [4.69, 9.17) is 9.47 Å². The van der Waals surface area contributed by atoms with E-state index in [0.29, 0.717) is 0 Å². The van der Waals surface area contributed by atoms with Gasteiger partial charge >= 0.3 is 11.9 Å². The van der Waals surface area contributed by atoms with E-state index in [2.05, 4.69) is 0 Å². The zero-order chi connectivity index (χ0) is 16.0. The molecule has 4 nitrogen and oxygen atoms in total. The van der Waals surface area contributed by atoms with Gasteiger partial charge in [0, 0.05) is 5.92 Å². The van der Waals surface area contributed by atoms with Crippen molar-refractivity contribution in [2.24, 2.45) is 5.92 Å². The Labute approximate surface area is 126 Å². The van der Waals surface area contributed by atoms with E-state index in [9.17, 15) is 9.59 Å². The first kappa shape index (κ1) is 17.2. The van der Waals surface area contributed by atoms with Gasteiger partial charge in [0.25, 0.3) is 0 Å². The van der Waals surface area contributed by atoms with E-state index in [1.165, 1.54) is 0 Å². The van der Waals surface area contributed by atoms with Crippen LogP contribution in [0.25, 0.3) is 0 Å². The number of carbonyl (C=O) groups is 2. The fourth-order valence-electron chi connectivity index (χ4n) is 1.92. The number of ether oxygens (including phenoxy) is 2. The first-order valence-corrected chi connectivity index (χ1v) is 7.24. The molecule has 1 aromatic rings. The first-order chi connectivity index (χ1) is 9.80. The highest BCUT2D eigenvalue weighted by Crippen LogP contribution is 2.26. The average molecular weight is 292 g/mol. The van der Waals surface area contributed by atoms with Gasteiger partial charge in [-0.3, -0.25) is 4.79 Å². The number of rotatable bonds is 6. The summed E-state index contributed by atoms with van der Waals surface area (Å²) in [5, 5.41) is 0. The Morgan fingerprint density at radius 3 is 2.19 bits per heavy atom. The molecular formula is C17H24O4. The Morgan fingerprint density at radius 2 is 1.71 bits per heavy atom. The van der Waals surface area contributed by atoms with Crippen LogP contribution in [0, 0.1) is 5.92 Å². The second kappa shape index (κ2) is 7.25. The molecule has 0 radical (unpaired) electrons. The third-order valence-electron chi connectivity index (χ3n) is 3.36. The van der Waals surface area contributed by atoms with Crippen LogP contribution in [0.5, 0.6) is 0 Å². The molecule has 0 saturated carbocycles. The molecule has 0 spiro atoms. The summed E-state index contributed by atoms with van der Waals surface area (Å²) in [7, 11) is 0. The van der Waals surface area contributed by atoms with Gasteiger partial charge in [0.1, 0.15) is 0 Å². The van der Waals surface area contributed by atoms with Gasteiger partial charge in [0.15, 0.2) is 0 Å². The summed E-state index contributed by atoms with van der Waals surface area (Å²) in [5.74, 6) is -1.07. The Bertz CT molecular complexity index is 477. The predicted molar refractivity (Wildman–Crippen MR) is 80.8 cm³/mol. The summed E-state index contributed by atoms with van der Waals surface area (Å²) in [6.07, 6.45) is -0.875. The number of carbonyl (C=O) groups excluding carboxylic acids is 2. The van der Waals surface area contributed by atoms with Crippen LogP contribution in [-0.4, -0.2) is 24.6 Å². The molecule has 1 aromatic carbocycles. The fraction of sp³-hybridized carbons (Fsp3) is 0.529. The molecule has 116 valence electrons. The summed E-state index contributed by atoms with van der Waals surface area (Å²) in [4.78, 5) is 24.3. The third kappa shape index (κ3) is 4.31. The lowest BCUT2D eigenvalue weighted by atomic mass is 9.84. The predicted octanol–water partition coefficient (Wildman–Crippen LogP) is 3.10. The quantitative estimate of drug-likeness (QED) is 0.756. The van der Waals surface area contributed by atoms with Crippen molar-refractivity contribution in [2.75, 3.05) is 6.61 Å². The Kier molecular flexibility index (Phi) is 5.94. The van der Waals surface area contributed by atoms with Gasteiger partial charge in [-0.2, -0.15) is 0 Å². The van der Waals surface area contributed by atoms with Crippen molar-refractivity contribution in [3.8, 4) is 0 Å². The Hall–Kier alpha value is -1.84. The molecule has 4 heteroatoms. The topological polar surface area (TPSA) is 52.6 Å². The van der Waals surface area contributed by atoms with E-state index in [1.54, 1.807) is 20.8 Å². The highest BCUT2D eigenvalue weighted by Gasteiger charge is 2.36. The van der Waals surface area contributed by atoms with Gasteiger partial charge < -0.3 is 9.47 Å². The average Bonchev–Trinajstić information content (AvgIpc) is 2.45. The van der Waals surface area contributed by atoms with Gasteiger partial charge in [-0.1, -0.05) is 44.2 Å². The highest BCUT2D eigenvalue weighted by molar-refractivity contribution is 5.85. The summed E-state index contributed by atoms with van der Waals surface area (Å²) in [6, 6.07) is 9.37. The molecule has 0 bridgehead atoms. The van der Waals surface area contributed by atoms with Crippen LogP contribution in [0.2, 0.25) is 0 Å². The Balaban J connectivity index is 2.89.